The standard InChI is InChI=1S/C8H14Br4O3/c1-2-13-8(7(11)12,14-5-3-9)15-6-4-10/h7H,2-6H2,1H3. The number of hydrogen-bond donors (Lipinski definition) is 0. The highest BCUT2D eigenvalue weighted by Crippen LogP contribution is 2.30. The lowest BCUT2D eigenvalue weighted by Gasteiger charge is -2.34. The number of ether oxygens (including phenoxy) is 3. The van der Waals surface area contributed by atoms with Crippen LogP contribution in [0.15, 0.2) is 0 Å². The fourth-order valence-corrected chi connectivity index (χ4v) is 1.99. The molecule has 0 heterocycles. The molecule has 0 aliphatic rings. The Balaban J connectivity index is 4.41. The lowest BCUT2D eigenvalue weighted by atomic mass is 10.6. The summed E-state index contributed by atoms with van der Waals surface area (Å²) in [6.07, 6.45) is 0. The minimum Gasteiger partial charge on any atom is -0.326 e. The van der Waals surface area contributed by atoms with Crippen LogP contribution in [0.1, 0.15) is 6.92 Å². The van der Waals surface area contributed by atoms with Gasteiger partial charge in [0.25, 0.3) is 0 Å². The van der Waals surface area contributed by atoms with Gasteiger partial charge in [0.15, 0.2) is 3.74 Å². The van der Waals surface area contributed by atoms with Crippen LogP contribution in [0.4, 0.5) is 0 Å². The first-order valence-electron chi connectivity index (χ1n) is 4.45. The van der Waals surface area contributed by atoms with Gasteiger partial charge in [0.05, 0.1) is 13.2 Å². The largest absolute Gasteiger partial charge is 0.326 e. The van der Waals surface area contributed by atoms with Gasteiger partial charge < -0.3 is 14.2 Å². The van der Waals surface area contributed by atoms with E-state index in [0.29, 0.717) is 19.8 Å². The third-order valence-electron chi connectivity index (χ3n) is 1.37. The highest BCUT2D eigenvalue weighted by molar-refractivity contribution is 9.24. The van der Waals surface area contributed by atoms with E-state index in [0.717, 1.165) is 10.7 Å². The van der Waals surface area contributed by atoms with Crippen LogP contribution in [0.25, 0.3) is 0 Å². The Hall–Kier alpha value is 1.80. The van der Waals surface area contributed by atoms with Gasteiger partial charge in [-0.05, 0) is 6.92 Å². The molecular weight excluding hydrogens is 464 g/mol. The molecule has 0 saturated carbocycles. The van der Waals surface area contributed by atoms with Crippen molar-refractivity contribution in [1.29, 1.82) is 0 Å². The summed E-state index contributed by atoms with van der Waals surface area (Å²) in [4.78, 5) is 0. The zero-order valence-electron chi connectivity index (χ0n) is 8.35. The molecule has 0 unspecified atom stereocenters. The first-order chi connectivity index (χ1) is 7.13. The second-order valence-electron chi connectivity index (χ2n) is 2.41. The maximum absolute atomic E-state index is 5.58. The highest BCUT2D eigenvalue weighted by Gasteiger charge is 2.39. The molecule has 0 saturated heterocycles. The Labute approximate surface area is 124 Å². The third-order valence-corrected chi connectivity index (χ3v) is 3.14. The van der Waals surface area contributed by atoms with Crippen molar-refractivity contribution < 1.29 is 14.2 Å². The predicted molar refractivity (Wildman–Crippen MR) is 75.5 cm³/mol. The molecule has 0 amide bonds. The zero-order chi connectivity index (χ0) is 11.7. The van der Waals surface area contributed by atoms with E-state index in [2.05, 4.69) is 63.7 Å². The van der Waals surface area contributed by atoms with Gasteiger partial charge in [-0.3, -0.25) is 0 Å². The van der Waals surface area contributed by atoms with Crippen LogP contribution in [0.5, 0.6) is 0 Å². The van der Waals surface area contributed by atoms with E-state index in [4.69, 9.17) is 14.2 Å². The average molecular weight is 478 g/mol. The molecule has 0 spiro atoms. The van der Waals surface area contributed by atoms with Gasteiger partial charge in [-0.2, -0.15) is 0 Å². The first kappa shape index (κ1) is 16.8. The van der Waals surface area contributed by atoms with Crippen molar-refractivity contribution in [3.63, 3.8) is 0 Å². The summed E-state index contributed by atoms with van der Waals surface area (Å²) in [6, 6.07) is 0. The van der Waals surface area contributed by atoms with E-state index in [9.17, 15) is 0 Å². The Bertz CT molecular complexity index is 149. The van der Waals surface area contributed by atoms with E-state index < -0.39 is 5.97 Å². The lowest BCUT2D eigenvalue weighted by Crippen LogP contribution is -2.45. The lowest BCUT2D eigenvalue weighted by molar-refractivity contribution is -0.364. The molecule has 15 heavy (non-hydrogen) atoms. The molecule has 0 N–H and O–H groups in total. The highest BCUT2D eigenvalue weighted by atomic mass is 79.9. The van der Waals surface area contributed by atoms with Crippen LogP contribution >= 0.6 is 63.7 Å². The summed E-state index contributed by atoms with van der Waals surface area (Å²) >= 11 is 13.3. The second-order valence-corrected chi connectivity index (χ2v) is 7.06. The number of halogens is 4. The van der Waals surface area contributed by atoms with E-state index in [1.54, 1.807) is 0 Å². The van der Waals surface area contributed by atoms with Crippen LogP contribution < -0.4 is 0 Å². The molecule has 0 aromatic carbocycles. The predicted octanol–water partition coefficient (Wildman–Crippen LogP) is 3.62. The fourth-order valence-electron chi connectivity index (χ4n) is 0.877. The molecule has 3 nitrogen and oxygen atoms in total. The summed E-state index contributed by atoms with van der Waals surface area (Å²) in [6.45, 7) is 3.43. The molecule has 0 aromatic rings. The summed E-state index contributed by atoms with van der Waals surface area (Å²) in [7, 11) is 0. The van der Waals surface area contributed by atoms with Gasteiger partial charge in [0, 0.05) is 17.3 Å². The van der Waals surface area contributed by atoms with Gasteiger partial charge in [0.2, 0.25) is 0 Å². The number of hydrogen-bond acceptors (Lipinski definition) is 3. The van der Waals surface area contributed by atoms with Crippen LogP contribution in [0, 0.1) is 0 Å². The van der Waals surface area contributed by atoms with Crippen LogP contribution in [0.3, 0.4) is 0 Å². The molecular formula is C8H14Br4O3. The maximum Gasteiger partial charge on any atom is 0.306 e. The monoisotopic (exact) mass is 474 g/mol. The topological polar surface area (TPSA) is 27.7 Å². The zero-order valence-corrected chi connectivity index (χ0v) is 14.7. The average Bonchev–Trinajstić information content (AvgIpc) is 2.22. The Morgan fingerprint density at radius 3 is 1.73 bits per heavy atom. The van der Waals surface area contributed by atoms with E-state index in [1.807, 2.05) is 6.92 Å². The van der Waals surface area contributed by atoms with Crippen molar-refractivity contribution in [1.82, 2.24) is 0 Å². The Kier molecular flexibility index (Phi) is 11.0. The quantitative estimate of drug-likeness (QED) is 0.375. The number of rotatable bonds is 9. The SMILES string of the molecule is CCOC(OCCBr)(OCCBr)C(Br)Br. The molecule has 0 aliphatic carbocycles. The van der Waals surface area contributed by atoms with Crippen molar-refractivity contribution in [3.05, 3.63) is 0 Å². The third kappa shape index (κ3) is 6.33. The molecule has 0 fully saturated rings. The summed E-state index contributed by atoms with van der Waals surface area (Å²) < 4.78 is 16.4. The van der Waals surface area contributed by atoms with Crippen molar-refractivity contribution in [2.75, 3.05) is 30.5 Å². The second kappa shape index (κ2) is 9.79. The summed E-state index contributed by atoms with van der Waals surface area (Å²) in [5.41, 5.74) is 0. The van der Waals surface area contributed by atoms with E-state index >= 15 is 0 Å². The van der Waals surface area contributed by atoms with Crippen molar-refractivity contribution in [2.45, 2.75) is 16.6 Å². The summed E-state index contributed by atoms with van der Waals surface area (Å²) in [5.74, 6) is -1.07. The minimum absolute atomic E-state index is 0.226. The van der Waals surface area contributed by atoms with E-state index in [1.165, 1.54) is 0 Å². The normalized spacial score (nSPS) is 12.4. The molecule has 0 aromatic heterocycles. The molecule has 0 rings (SSSR count). The fraction of sp³-hybridized carbons (Fsp3) is 1.00. The first-order valence-corrected chi connectivity index (χ1v) is 8.52. The van der Waals surface area contributed by atoms with Crippen molar-refractivity contribution >= 4 is 63.7 Å². The maximum atomic E-state index is 5.58. The molecule has 0 atom stereocenters. The smallest absolute Gasteiger partial charge is 0.306 e. The summed E-state index contributed by atoms with van der Waals surface area (Å²) in [5, 5.41) is 1.46. The molecule has 0 radical (unpaired) electrons. The van der Waals surface area contributed by atoms with Crippen molar-refractivity contribution in [2.24, 2.45) is 0 Å². The van der Waals surface area contributed by atoms with E-state index in [-0.39, 0.29) is 3.74 Å². The van der Waals surface area contributed by atoms with Gasteiger partial charge in [0.1, 0.15) is 0 Å². The Morgan fingerprint density at radius 1 is 1.00 bits per heavy atom. The van der Waals surface area contributed by atoms with Gasteiger partial charge >= 0.3 is 5.97 Å². The van der Waals surface area contributed by atoms with Crippen molar-refractivity contribution in [3.8, 4) is 0 Å². The molecule has 7 heteroatoms. The minimum atomic E-state index is -1.07. The molecule has 92 valence electrons. The molecule has 0 bridgehead atoms. The van der Waals surface area contributed by atoms with Crippen LogP contribution in [0.2, 0.25) is 0 Å². The molecule has 0 aliphatic heterocycles. The van der Waals surface area contributed by atoms with Crippen LogP contribution in [-0.2, 0) is 14.2 Å². The van der Waals surface area contributed by atoms with Gasteiger partial charge in [-0.25, -0.2) is 0 Å². The number of alkyl halides is 4. The van der Waals surface area contributed by atoms with Crippen LogP contribution in [-0.4, -0.2) is 40.2 Å². The Morgan fingerprint density at radius 2 is 1.47 bits per heavy atom. The van der Waals surface area contributed by atoms with Gasteiger partial charge in [-0.15, -0.1) is 0 Å². The van der Waals surface area contributed by atoms with Gasteiger partial charge in [-0.1, -0.05) is 63.7 Å².